The van der Waals surface area contributed by atoms with Crippen LogP contribution in [-0.2, 0) is 4.79 Å². The Bertz CT molecular complexity index is 346. The Kier molecular flexibility index (Phi) is 4.32. The maximum atomic E-state index is 12.6. The first-order valence-corrected chi connectivity index (χ1v) is 8.46. The molecule has 4 heteroatoms. The van der Waals surface area contributed by atoms with Gasteiger partial charge in [-0.2, -0.15) is 0 Å². The molecule has 1 amide bonds. The fourth-order valence-corrected chi connectivity index (χ4v) is 4.41. The zero-order valence-electron chi connectivity index (χ0n) is 13.0. The molecule has 0 aromatic heterocycles. The third-order valence-electron chi connectivity index (χ3n) is 5.64. The predicted molar refractivity (Wildman–Crippen MR) is 80.6 cm³/mol. The number of nitrogens with one attached hydrogen (secondary N) is 1. The normalized spacial score (nSPS) is 38.5. The molecule has 114 valence electrons. The number of nitrogens with zero attached hydrogens (tertiary/aromatic N) is 2. The van der Waals surface area contributed by atoms with Gasteiger partial charge in [0, 0.05) is 24.7 Å². The van der Waals surface area contributed by atoms with Crippen LogP contribution in [0, 0.1) is 0 Å². The summed E-state index contributed by atoms with van der Waals surface area (Å²) in [4.78, 5) is 17.3. The van der Waals surface area contributed by atoms with Crippen molar-refractivity contribution in [1.82, 2.24) is 15.1 Å². The van der Waals surface area contributed by atoms with Crippen LogP contribution in [0.5, 0.6) is 0 Å². The summed E-state index contributed by atoms with van der Waals surface area (Å²) < 4.78 is 0. The fraction of sp³-hybridized carbons (Fsp3) is 0.938. The van der Waals surface area contributed by atoms with Crippen molar-refractivity contribution in [2.24, 2.45) is 0 Å². The van der Waals surface area contributed by atoms with Crippen molar-refractivity contribution in [1.29, 1.82) is 0 Å². The largest absolute Gasteiger partial charge is 0.338 e. The van der Waals surface area contributed by atoms with Crippen molar-refractivity contribution < 1.29 is 4.79 Å². The van der Waals surface area contributed by atoms with Gasteiger partial charge in [-0.05, 0) is 52.1 Å². The van der Waals surface area contributed by atoms with Crippen molar-refractivity contribution >= 4 is 5.91 Å². The van der Waals surface area contributed by atoms with Gasteiger partial charge in [-0.15, -0.1) is 0 Å². The molecule has 4 nitrogen and oxygen atoms in total. The van der Waals surface area contributed by atoms with Crippen LogP contribution < -0.4 is 5.32 Å². The van der Waals surface area contributed by atoms with E-state index in [0.29, 0.717) is 24.0 Å². The van der Waals surface area contributed by atoms with Crippen molar-refractivity contribution in [3.63, 3.8) is 0 Å². The molecular formula is C16H29N3O. The van der Waals surface area contributed by atoms with Crippen molar-refractivity contribution in [3.8, 4) is 0 Å². The Hall–Kier alpha value is -0.610. The minimum Gasteiger partial charge on any atom is -0.338 e. The lowest BCUT2D eigenvalue weighted by atomic mass is 9.82. The number of carbonyl (C=O) groups is 1. The molecule has 3 rings (SSSR count). The van der Waals surface area contributed by atoms with E-state index in [1.54, 1.807) is 0 Å². The molecule has 0 aromatic carbocycles. The molecule has 0 aromatic rings. The first-order chi connectivity index (χ1) is 9.70. The molecule has 3 saturated heterocycles. The number of amides is 1. The van der Waals surface area contributed by atoms with E-state index in [0.717, 1.165) is 25.9 Å². The van der Waals surface area contributed by atoms with E-state index in [1.807, 2.05) is 0 Å². The van der Waals surface area contributed by atoms with Gasteiger partial charge in [0.05, 0.1) is 6.04 Å². The molecule has 3 aliphatic rings. The Balaban J connectivity index is 1.61. The Morgan fingerprint density at radius 3 is 2.50 bits per heavy atom. The van der Waals surface area contributed by atoms with Crippen molar-refractivity contribution in [2.75, 3.05) is 20.1 Å². The van der Waals surface area contributed by atoms with Crippen LogP contribution in [0.15, 0.2) is 0 Å². The average molecular weight is 279 g/mol. The standard InChI is InChI=1S/C16H29N3O/c1-3-8-17-15-7-9-19(16(15)20)14-10-12-5-4-6-13(11-14)18(12)2/h12-15,17H,3-11H2,1-2H3. The molecule has 3 heterocycles. The van der Waals surface area contributed by atoms with Gasteiger partial charge >= 0.3 is 0 Å². The molecule has 3 fully saturated rings. The quantitative estimate of drug-likeness (QED) is 0.849. The highest BCUT2D eigenvalue weighted by atomic mass is 16.2. The third kappa shape index (κ3) is 2.60. The molecule has 0 spiro atoms. The number of fused-ring (bicyclic) bond motifs is 2. The molecule has 0 radical (unpaired) electrons. The Morgan fingerprint density at radius 1 is 1.15 bits per heavy atom. The van der Waals surface area contributed by atoms with Gasteiger partial charge in [-0.25, -0.2) is 0 Å². The Labute approximate surface area is 122 Å². The van der Waals surface area contributed by atoms with Gasteiger partial charge in [0.15, 0.2) is 0 Å². The van der Waals surface area contributed by atoms with E-state index in [1.165, 1.54) is 32.1 Å². The maximum absolute atomic E-state index is 12.6. The lowest BCUT2D eigenvalue weighted by molar-refractivity contribution is -0.133. The summed E-state index contributed by atoms with van der Waals surface area (Å²) in [5.74, 6) is 0.367. The highest BCUT2D eigenvalue weighted by Crippen LogP contribution is 2.35. The second kappa shape index (κ2) is 6.02. The summed E-state index contributed by atoms with van der Waals surface area (Å²) in [6.45, 7) is 4.08. The van der Waals surface area contributed by atoms with Gasteiger partial charge in [0.25, 0.3) is 0 Å². The molecule has 1 N–H and O–H groups in total. The zero-order valence-corrected chi connectivity index (χ0v) is 13.0. The van der Waals surface area contributed by atoms with E-state index < -0.39 is 0 Å². The van der Waals surface area contributed by atoms with Gasteiger partial charge < -0.3 is 15.1 Å². The van der Waals surface area contributed by atoms with Crippen molar-refractivity contribution in [2.45, 2.75) is 76.0 Å². The number of rotatable bonds is 4. The molecule has 0 aliphatic carbocycles. The highest BCUT2D eigenvalue weighted by Gasteiger charge is 2.42. The molecule has 3 unspecified atom stereocenters. The fourth-order valence-electron chi connectivity index (χ4n) is 4.41. The molecule has 3 aliphatic heterocycles. The smallest absolute Gasteiger partial charge is 0.240 e. The topological polar surface area (TPSA) is 35.6 Å². The molecule has 20 heavy (non-hydrogen) atoms. The van der Waals surface area contributed by atoms with Crippen molar-refractivity contribution in [3.05, 3.63) is 0 Å². The van der Waals surface area contributed by atoms with Crippen LogP contribution >= 0.6 is 0 Å². The first-order valence-electron chi connectivity index (χ1n) is 8.46. The minimum atomic E-state index is 0.0921. The highest BCUT2D eigenvalue weighted by molar-refractivity contribution is 5.84. The van der Waals surface area contributed by atoms with Crippen LogP contribution in [0.1, 0.15) is 51.9 Å². The van der Waals surface area contributed by atoms with Gasteiger partial charge in [0.2, 0.25) is 5.91 Å². The number of hydrogen-bond donors (Lipinski definition) is 1. The minimum absolute atomic E-state index is 0.0921. The van der Waals surface area contributed by atoms with Crippen LogP contribution in [0.4, 0.5) is 0 Å². The summed E-state index contributed by atoms with van der Waals surface area (Å²) in [7, 11) is 2.28. The monoisotopic (exact) mass is 279 g/mol. The van der Waals surface area contributed by atoms with E-state index in [4.69, 9.17) is 0 Å². The summed E-state index contributed by atoms with van der Waals surface area (Å²) in [5, 5.41) is 3.41. The van der Waals surface area contributed by atoms with Gasteiger partial charge in [0.1, 0.15) is 0 Å². The number of piperidine rings is 2. The van der Waals surface area contributed by atoms with Crippen LogP contribution in [0.2, 0.25) is 0 Å². The average Bonchev–Trinajstić information content (AvgIpc) is 2.77. The third-order valence-corrected chi connectivity index (χ3v) is 5.64. The molecule has 3 atom stereocenters. The van der Waals surface area contributed by atoms with E-state index in [9.17, 15) is 4.79 Å². The summed E-state index contributed by atoms with van der Waals surface area (Å²) >= 11 is 0. The number of carbonyl (C=O) groups excluding carboxylic acids is 1. The Morgan fingerprint density at radius 2 is 1.85 bits per heavy atom. The van der Waals surface area contributed by atoms with E-state index in [-0.39, 0.29) is 6.04 Å². The van der Waals surface area contributed by atoms with Gasteiger partial charge in [-0.1, -0.05) is 13.3 Å². The summed E-state index contributed by atoms with van der Waals surface area (Å²) in [6, 6.07) is 2.02. The molecule has 2 bridgehead atoms. The lowest BCUT2D eigenvalue weighted by Gasteiger charge is -2.49. The number of likely N-dealkylation sites (tertiary alicyclic amines) is 1. The summed E-state index contributed by atoms with van der Waals surface area (Å²) in [6.07, 6.45) is 8.51. The van der Waals surface area contributed by atoms with Crippen LogP contribution in [0.3, 0.4) is 0 Å². The second-order valence-electron chi connectivity index (χ2n) is 6.86. The zero-order chi connectivity index (χ0) is 14.1. The second-order valence-corrected chi connectivity index (χ2v) is 6.86. The van der Waals surface area contributed by atoms with E-state index in [2.05, 4.69) is 29.1 Å². The molecular weight excluding hydrogens is 250 g/mol. The number of hydrogen-bond acceptors (Lipinski definition) is 3. The predicted octanol–water partition coefficient (Wildman–Crippen LogP) is 1.60. The SMILES string of the molecule is CCCNC1CCN(C2CC3CCCC(C2)N3C)C1=O. The lowest BCUT2D eigenvalue weighted by Crippen LogP contribution is -2.56. The van der Waals surface area contributed by atoms with Gasteiger partial charge in [-0.3, -0.25) is 4.79 Å². The van der Waals surface area contributed by atoms with Crippen LogP contribution in [0.25, 0.3) is 0 Å². The van der Waals surface area contributed by atoms with E-state index >= 15 is 0 Å². The maximum Gasteiger partial charge on any atom is 0.240 e. The first kappa shape index (κ1) is 14.3. The summed E-state index contributed by atoms with van der Waals surface area (Å²) in [5.41, 5.74) is 0. The molecule has 0 saturated carbocycles. The van der Waals surface area contributed by atoms with Crippen LogP contribution in [-0.4, -0.2) is 60.0 Å².